The van der Waals surface area contributed by atoms with Gasteiger partial charge in [0.15, 0.2) is 0 Å². The maximum atomic E-state index is 12.5. The third-order valence-corrected chi connectivity index (χ3v) is 2.71. The van der Waals surface area contributed by atoms with Gasteiger partial charge in [-0.05, 0) is 69.7 Å². The lowest BCUT2D eigenvalue weighted by atomic mass is 10.0. The molecule has 0 aliphatic heterocycles. The molecule has 0 heterocycles. The van der Waals surface area contributed by atoms with Gasteiger partial charge in [0, 0.05) is 0 Å². The predicted molar refractivity (Wildman–Crippen MR) is 86.6 cm³/mol. The second-order valence-corrected chi connectivity index (χ2v) is 7.88. The summed E-state index contributed by atoms with van der Waals surface area (Å²) in [5, 5.41) is 0. The largest absolute Gasteiger partial charge is 0.459 e. The van der Waals surface area contributed by atoms with E-state index in [1.165, 1.54) is 0 Å². The Bertz CT molecular complexity index is 354. The molecule has 6 nitrogen and oxygen atoms in total. The van der Waals surface area contributed by atoms with Crippen molar-refractivity contribution in [3.05, 3.63) is 0 Å². The van der Waals surface area contributed by atoms with Gasteiger partial charge in [-0.15, -0.1) is 0 Å². The first kappa shape index (κ1) is 20.9. The van der Waals surface area contributed by atoms with Crippen molar-refractivity contribution in [1.82, 2.24) is 9.80 Å². The van der Waals surface area contributed by atoms with E-state index in [9.17, 15) is 9.59 Å². The smallest absolute Gasteiger partial charge is 0.326 e. The van der Waals surface area contributed by atoms with Gasteiger partial charge >= 0.3 is 11.9 Å². The van der Waals surface area contributed by atoms with Crippen molar-refractivity contribution >= 4 is 11.9 Å². The summed E-state index contributed by atoms with van der Waals surface area (Å²) in [6.45, 7) is 10.8. The summed E-state index contributed by atoms with van der Waals surface area (Å²) in [5.41, 5.74) is -1.23. The van der Waals surface area contributed by atoms with Crippen molar-refractivity contribution in [2.45, 2.75) is 64.8 Å². The van der Waals surface area contributed by atoms with Gasteiger partial charge in [0.05, 0.1) is 0 Å². The number of ether oxygens (including phenoxy) is 2. The van der Waals surface area contributed by atoms with E-state index in [0.717, 1.165) is 0 Å². The molecule has 0 radical (unpaired) electrons. The van der Waals surface area contributed by atoms with Crippen LogP contribution in [0.15, 0.2) is 0 Å². The molecule has 0 rings (SSSR count). The summed E-state index contributed by atoms with van der Waals surface area (Å²) < 4.78 is 10.9. The van der Waals surface area contributed by atoms with Gasteiger partial charge in [-0.1, -0.05) is 0 Å². The first-order valence-corrected chi connectivity index (χ1v) is 7.44. The zero-order valence-corrected chi connectivity index (χ0v) is 15.7. The van der Waals surface area contributed by atoms with E-state index >= 15 is 0 Å². The highest BCUT2D eigenvalue weighted by Gasteiger charge is 2.41. The first-order chi connectivity index (χ1) is 9.65. The van der Waals surface area contributed by atoms with Crippen LogP contribution in [0.3, 0.4) is 0 Å². The fourth-order valence-electron chi connectivity index (χ4n) is 1.97. The van der Waals surface area contributed by atoms with Gasteiger partial charge < -0.3 is 9.47 Å². The molecule has 2 unspecified atom stereocenters. The van der Waals surface area contributed by atoms with Gasteiger partial charge in [-0.3, -0.25) is 19.4 Å². The SMILES string of the molecule is CN(C)C(C(=O)OC(C)(C)C)C(C(=O)OC(C)(C)C)N(C)C. The molecule has 0 spiro atoms. The highest BCUT2D eigenvalue weighted by Crippen LogP contribution is 2.18. The molecule has 0 saturated carbocycles. The zero-order valence-electron chi connectivity index (χ0n) is 15.7. The Hall–Kier alpha value is -1.14. The number of nitrogens with zero attached hydrogens (tertiary/aromatic N) is 2. The van der Waals surface area contributed by atoms with Gasteiger partial charge in [0.2, 0.25) is 0 Å². The molecule has 0 N–H and O–H groups in total. The molecule has 0 amide bonds. The van der Waals surface area contributed by atoms with Crippen LogP contribution in [0.5, 0.6) is 0 Å². The van der Waals surface area contributed by atoms with E-state index in [4.69, 9.17) is 9.47 Å². The molecule has 0 bridgehead atoms. The van der Waals surface area contributed by atoms with E-state index in [-0.39, 0.29) is 0 Å². The summed E-state index contributed by atoms with van der Waals surface area (Å²) in [5.74, 6) is -0.885. The Morgan fingerprint density at radius 1 is 0.682 bits per heavy atom. The van der Waals surface area contributed by atoms with Crippen molar-refractivity contribution in [2.24, 2.45) is 0 Å². The average molecular weight is 316 g/mol. The van der Waals surface area contributed by atoms with Crippen LogP contribution in [-0.2, 0) is 19.1 Å². The summed E-state index contributed by atoms with van der Waals surface area (Å²) >= 11 is 0. The molecular weight excluding hydrogens is 284 g/mol. The lowest BCUT2D eigenvalue weighted by Crippen LogP contribution is -2.57. The third-order valence-electron chi connectivity index (χ3n) is 2.71. The molecule has 22 heavy (non-hydrogen) atoms. The number of carbonyl (C=O) groups excluding carboxylic acids is 2. The molecule has 0 aliphatic carbocycles. The second-order valence-electron chi connectivity index (χ2n) is 7.88. The molecule has 0 aromatic heterocycles. The Morgan fingerprint density at radius 2 is 0.909 bits per heavy atom. The first-order valence-electron chi connectivity index (χ1n) is 7.44. The van der Waals surface area contributed by atoms with Crippen LogP contribution >= 0.6 is 0 Å². The van der Waals surface area contributed by atoms with Crippen LogP contribution in [0.25, 0.3) is 0 Å². The molecule has 0 aromatic rings. The van der Waals surface area contributed by atoms with Crippen LogP contribution in [0.1, 0.15) is 41.5 Å². The molecule has 6 heteroatoms. The lowest BCUT2D eigenvalue weighted by Gasteiger charge is -2.36. The number of likely N-dealkylation sites (N-methyl/N-ethyl adjacent to an activating group) is 2. The minimum absolute atomic E-state index is 0.443. The average Bonchev–Trinajstić information content (AvgIpc) is 2.18. The van der Waals surface area contributed by atoms with E-state index in [1.54, 1.807) is 79.5 Å². The number of carbonyl (C=O) groups is 2. The maximum absolute atomic E-state index is 12.5. The van der Waals surface area contributed by atoms with Crippen molar-refractivity contribution in [3.8, 4) is 0 Å². The quantitative estimate of drug-likeness (QED) is 0.717. The Morgan fingerprint density at radius 3 is 1.05 bits per heavy atom. The second kappa shape index (κ2) is 7.42. The lowest BCUT2D eigenvalue weighted by molar-refractivity contribution is -0.174. The van der Waals surface area contributed by atoms with Gasteiger partial charge in [0.25, 0.3) is 0 Å². The van der Waals surface area contributed by atoms with Crippen LogP contribution in [0, 0.1) is 0 Å². The van der Waals surface area contributed by atoms with Gasteiger partial charge in [-0.2, -0.15) is 0 Å². The summed E-state index contributed by atoms with van der Waals surface area (Å²) in [4.78, 5) is 28.4. The topological polar surface area (TPSA) is 59.1 Å². The molecule has 0 aromatic carbocycles. The minimum Gasteiger partial charge on any atom is -0.459 e. The zero-order chi connectivity index (χ0) is 17.9. The standard InChI is InChI=1S/C16H32N2O4/c1-15(2,3)21-13(19)11(17(7)8)12(18(9)10)14(20)22-16(4,5)6/h11-12H,1-10H3. The highest BCUT2D eigenvalue weighted by atomic mass is 16.6. The van der Waals surface area contributed by atoms with E-state index in [2.05, 4.69) is 0 Å². The normalized spacial score (nSPS) is 15.6. The molecule has 0 aliphatic rings. The maximum Gasteiger partial charge on any atom is 0.326 e. The van der Waals surface area contributed by atoms with Crippen molar-refractivity contribution in [1.29, 1.82) is 0 Å². The third kappa shape index (κ3) is 7.22. The number of rotatable bonds is 5. The molecule has 130 valence electrons. The van der Waals surface area contributed by atoms with Crippen LogP contribution in [-0.4, -0.2) is 73.2 Å². The molecule has 0 saturated heterocycles. The van der Waals surface area contributed by atoms with E-state index in [0.29, 0.717) is 0 Å². The summed E-state index contributed by atoms with van der Waals surface area (Å²) in [6, 6.07) is -1.49. The monoisotopic (exact) mass is 316 g/mol. The van der Waals surface area contributed by atoms with Crippen molar-refractivity contribution in [2.75, 3.05) is 28.2 Å². The van der Waals surface area contributed by atoms with Crippen LogP contribution < -0.4 is 0 Å². The van der Waals surface area contributed by atoms with Gasteiger partial charge in [-0.25, -0.2) is 0 Å². The fraction of sp³-hybridized carbons (Fsp3) is 0.875. The highest BCUT2D eigenvalue weighted by molar-refractivity contribution is 5.87. The van der Waals surface area contributed by atoms with E-state index < -0.39 is 35.2 Å². The summed E-state index contributed by atoms with van der Waals surface area (Å²) in [6.07, 6.45) is 0. The predicted octanol–water partition coefficient (Wildman–Crippen LogP) is 1.53. The number of hydrogen-bond donors (Lipinski definition) is 0. The number of hydrogen-bond acceptors (Lipinski definition) is 6. The number of esters is 2. The van der Waals surface area contributed by atoms with Crippen molar-refractivity contribution < 1.29 is 19.1 Å². The molecule has 0 fully saturated rings. The fourth-order valence-corrected chi connectivity index (χ4v) is 1.97. The Balaban J connectivity index is 5.46. The van der Waals surface area contributed by atoms with Crippen LogP contribution in [0.4, 0.5) is 0 Å². The van der Waals surface area contributed by atoms with Gasteiger partial charge in [0.1, 0.15) is 23.3 Å². The molecule has 2 atom stereocenters. The summed E-state index contributed by atoms with van der Waals surface area (Å²) in [7, 11) is 6.98. The van der Waals surface area contributed by atoms with Crippen molar-refractivity contribution in [3.63, 3.8) is 0 Å². The Labute approximate surface area is 134 Å². The molecular formula is C16H32N2O4. The van der Waals surface area contributed by atoms with E-state index in [1.807, 2.05) is 0 Å². The Kier molecular flexibility index (Phi) is 7.03. The minimum atomic E-state index is -0.746. The van der Waals surface area contributed by atoms with Crippen LogP contribution in [0.2, 0.25) is 0 Å².